The Kier molecular flexibility index (Phi) is 5.35. The maximum absolute atomic E-state index is 13.4. The monoisotopic (exact) mass is 229 g/mol. The van der Waals surface area contributed by atoms with Crippen molar-refractivity contribution in [2.24, 2.45) is 0 Å². The summed E-state index contributed by atoms with van der Waals surface area (Å²) in [6, 6.07) is 3.69. The Labute approximate surface area is 94.6 Å². The van der Waals surface area contributed by atoms with Gasteiger partial charge < -0.3 is 10.1 Å². The second-order valence-electron chi connectivity index (χ2n) is 3.58. The molecule has 0 spiro atoms. The molecule has 0 aliphatic rings. The molecule has 0 fully saturated rings. The molecule has 0 heterocycles. The standard InChI is InChI=1S/C12H17F2NO/c1-3-16-8-11(15-2)6-9-4-5-10(13)7-12(9)14/h4-5,7,11,15H,3,6,8H2,1-2H3. The van der Waals surface area contributed by atoms with Crippen molar-refractivity contribution in [2.45, 2.75) is 19.4 Å². The van der Waals surface area contributed by atoms with E-state index in [1.807, 2.05) is 6.92 Å². The lowest BCUT2D eigenvalue weighted by Crippen LogP contribution is -2.32. The Hall–Kier alpha value is -1.00. The summed E-state index contributed by atoms with van der Waals surface area (Å²) in [5, 5.41) is 3.04. The Bertz CT molecular complexity index is 331. The third kappa shape index (κ3) is 3.87. The lowest BCUT2D eigenvalue weighted by Gasteiger charge is -2.16. The molecule has 90 valence electrons. The highest BCUT2D eigenvalue weighted by Gasteiger charge is 2.11. The zero-order chi connectivity index (χ0) is 12.0. The SMILES string of the molecule is CCOCC(Cc1ccc(F)cc1F)NC. The molecule has 1 N–H and O–H groups in total. The summed E-state index contributed by atoms with van der Waals surface area (Å²) in [6.07, 6.45) is 0.489. The minimum Gasteiger partial charge on any atom is -0.380 e. The first-order valence-corrected chi connectivity index (χ1v) is 5.36. The fourth-order valence-corrected chi connectivity index (χ4v) is 1.46. The second kappa shape index (κ2) is 6.55. The van der Waals surface area contributed by atoms with Crippen LogP contribution in [0.2, 0.25) is 0 Å². The highest BCUT2D eigenvalue weighted by molar-refractivity contribution is 5.19. The Balaban J connectivity index is 2.62. The van der Waals surface area contributed by atoms with E-state index in [-0.39, 0.29) is 6.04 Å². The molecule has 1 rings (SSSR count). The van der Waals surface area contributed by atoms with Crippen LogP contribution in [0.5, 0.6) is 0 Å². The largest absolute Gasteiger partial charge is 0.380 e. The molecule has 2 nitrogen and oxygen atoms in total. The number of rotatable bonds is 6. The van der Waals surface area contributed by atoms with Crippen molar-refractivity contribution in [1.29, 1.82) is 0 Å². The van der Waals surface area contributed by atoms with Gasteiger partial charge in [0.25, 0.3) is 0 Å². The van der Waals surface area contributed by atoms with E-state index in [2.05, 4.69) is 5.32 Å². The molecule has 1 unspecified atom stereocenters. The van der Waals surface area contributed by atoms with Crippen molar-refractivity contribution < 1.29 is 13.5 Å². The highest BCUT2D eigenvalue weighted by Crippen LogP contribution is 2.11. The molecule has 1 atom stereocenters. The van der Waals surface area contributed by atoms with E-state index in [1.165, 1.54) is 12.1 Å². The quantitative estimate of drug-likeness (QED) is 0.807. The minimum atomic E-state index is -0.549. The van der Waals surface area contributed by atoms with Crippen molar-refractivity contribution in [1.82, 2.24) is 5.32 Å². The minimum absolute atomic E-state index is 0.0416. The fraction of sp³-hybridized carbons (Fsp3) is 0.500. The molecule has 0 aliphatic carbocycles. The van der Waals surface area contributed by atoms with Gasteiger partial charge in [0.05, 0.1) is 6.61 Å². The first-order valence-electron chi connectivity index (χ1n) is 5.36. The first-order chi connectivity index (χ1) is 7.67. The summed E-state index contributed by atoms with van der Waals surface area (Å²) < 4.78 is 31.3. The number of ether oxygens (including phenoxy) is 1. The van der Waals surface area contributed by atoms with Crippen molar-refractivity contribution in [3.63, 3.8) is 0 Å². The molecule has 0 radical (unpaired) electrons. The van der Waals surface area contributed by atoms with Gasteiger partial charge in [0.15, 0.2) is 0 Å². The van der Waals surface area contributed by atoms with Crippen molar-refractivity contribution in [3.8, 4) is 0 Å². The van der Waals surface area contributed by atoms with E-state index in [0.717, 1.165) is 6.07 Å². The van der Waals surface area contributed by atoms with Crippen LogP contribution in [0, 0.1) is 11.6 Å². The van der Waals surface area contributed by atoms with Crippen LogP contribution in [0.15, 0.2) is 18.2 Å². The van der Waals surface area contributed by atoms with Gasteiger partial charge in [-0.05, 0) is 32.0 Å². The first kappa shape index (κ1) is 13.1. The Morgan fingerprint density at radius 1 is 1.38 bits per heavy atom. The lowest BCUT2D eigenvalue weighted by atomic mass is 10.1. The number of hydrogen-bond donors (Lipinski definition) is 1. The van der Waals surface area contributed by atoms with Crippen LogP contribution in [0.3, 0.4) is 0 Å². The predicted octanol–water partition coefficient (Wildman–Crippen LogP) is 2.13. The zero-order valence-corrected chi connectivity index (χ0v) is 9.59. The van der Waals surface area contributed by atoms with Gasteiger partial charge in [-0.1, -0.05) is 6.07 Å². The van der Waals surface area contributed by atoms with E-state index in [1.54, 1.807) is 7.05 Å². The number of benzene rings is 1. The topological polar surface area (TPSA) is 21.3 Å². The van der Waals surface area contributed by atoms with E-state index in [4.69, 9.17) is 4.74 Å². The average molecular weight is 229 g/mol. The van der Waals surface area contributed by atoms with Crippen molar-refractivity contribution in [2.75, 3.05) is 20.3 Å². The number of halogens is 2. The Morgan fingerprint density at radius 3 is 2.69 bits per heavy atom. The summed E-state index contributed by atoms with van der Waals surface area (Å²) in [4.78, 5) is 0. The van der Waals surface area contributed by atoms with Gasteiger partial charge >= 0.3 is 0 Å². The molecular weight excluding hydrogens is 212 g/mol. The van der Waals surface area contributed by atoms with Crippen LogP contribution in [0.1, 0.15) is 12.5 Å². The van der Waals surface area contributed by atoms with Gasteiger partial charge in [0.1, 0.15) is 11.6 Å². The highest BCUT2D eigenvalue weighted by atomic mass is 19.1. The third-order valence-electron chi connectivity index (χ3n) is 2.41. The Morgan fingerprint density at radius 2 is 2.12 bits per heavy atom. The van der Waals surface area contributed by atoms with Gasteiger partial charge in [-0.3, -0.25) is 0 Å². The molecular formula is C12H17F2NO. The number of likely N-dealkylation sites (N-methyl/N-ethyl adjacent to an activating group) is 1. The lowest BCUT2D eigenvalue weighted by molar-refractivity contribution is 0.125. The van der Waals surface area contributed by atoms with Crippen LogP contribution >= 0.6 is 0 Å². The molecule has 0 aromatic heterocycles. The van der Waals surface area contributed by atoms with E-state index in [9.17, 15) is 8.78 Å². The van der Waals surface area contributed by atoms with Crippen LogP contribution in [-0.2, 0) is 11.2 Å². The molecule has 0 saturated heterocycles. The average Bonchev–Trinajstić information content (AvgIpc) is 2.27. The molecule has 1 aromatic carbocycles. The summed E-state index contributed by atoms with van der Waals surface area (Å²) in [5.41, 5.74) is 0.500. The molecule has 4 heteroatoms. The maximum Gasteiger partial charge on any atom is 0.129 e. The van der Waals surface area contributed by atoms with Gasteiger partial charge in [0.2, 0.25) is 0 Å². The normalized spacial score (nSPS) is 12.8. The van der Waals surface area contributed by atoms with Crippen LogP contribution in [-0.4, -0.2) is 26.3 Å². The van der Waals surface area contributed by atoms with Crippen LogP contribution in [0.25, 0.3) is 0 Å². The zero-order valence-electron chi connectivity index (χ0n) is 9.59. The second-order valence-corrected chi connectivity index (χ2v) is 3.58. The molecule has 1 aromatic rings. The van der Waals surface area contributed by atoms with E-state index >= 15 is 0 Å². The number of hydrogen-bond acceptors (Lipinski definition) is 2. The van der Waals surface area contributed by atoms with Crippen LogP contribution in [0.4, 0.5) is 8.78 Å². The molecule has 0 saturated carbocycles. The fourth-order valence-electron chi connectivity index (χ4n) is 1.46. The summed E-state index contributed by atoms with van der Waals surface area (Å²) in [7, 11) is 1.80. The third-order valence-corrected chi connectivity index (χ3v) is 2.41. The van der Waals surface area contributed by atoms with Crippen LogP contribution < -0.4 is 5.32 Å². The summed E-state index contributed by atoms with van der Waals surface area (Å²) in [6.45, 7) is 3.05. The molecule has 0 bridgehead atoms. The van der Waals surface area contributed by atoms with Gasteiger partial charge in [0, 0.05) is 18.7 Å². The molecule has 0 amide bonds. The summed E-state index contributed by atoms with van der Waals surface area (Å²) >= 11 is 0. The smallest absolute Gasteiger partial charge is 0.129 e. The van der Waals surface area contributed by atoms with Gasteiger partial charge in [-0.15, -0.1) is 0 Å². The van der Waals surface area contributed by atoms with Gasteiger partial charge in [-0.25, -0.2) is 8.78 Å². The maximum atomic E-state index is 13.4. The summed E-state index contributed by atoms with van der Waals surface area (Å²) in [5.74, 6) is -1.05. The van der Waals surface area contributed by atoms with Crippen molar-refractivity contribution >= 4 is 0 Å². The number of nitrogens with one attached hydrogen (secondary N) is 1. The molecule has 0 aliphatic heterocycles. The van der Waals surface area contributed by atoms with Gasteiger partial charge in [-0.2, -0.15) is 0 Å². The van der Waals surface area contributed by atoms with Crippen molar-refractivity contribution in [3.05, 3.63) is 35.4 Å². The van der Waals surface area contributed by atoms with E-state index in [0.29, 0.717) is 25.2 Å². The predicted molar refractivity (Wildman–Crippen MR) is 59.4 cm³/mol. The van der Waals surface area contributed by atoms with E-state index < -0.39 is 11.6 Å². The molecule has 16 heavy (non-hydrogen) atoms.